The summed E-state index contributed by atoms with van der Waals surface area (Å²) < 4.78 is 0. The van der Waals surface area contributed by atoms with E-state index >= 15 is 0 Å². The van der Waals surface area contributed by atoms with E-state index in [1.54, 1.807) is 18.3 Å². The molecular weight excluding hydrogens is 224 g/mol. The van der Waals surface area contributed by atoms with Crippen molar-refractivity contribution in [1.29, 1.82) is 0 Å². The topological polar surface area (TPSA) is 42.0 Å². The Morgan fingerprint density at radius 1 is 1.38 bits per heavy atom. The van der Waals surface area contributed by atoms with Gasteiger partial charge in [-0.15, -0.1) is 0 Å². The van der Waals surface area contributed by atoms with E-state index in [9.17, 15) is 4.79 Å². The maximum Gasteiger partial charge on any atom is 0.270 e. The molecule has 0 aromatic carbocycles. The summed E-state index contributed by atoms with van der Waals surface area (Å²) >= 11 is 5.81. The van der Waals surface area contributed by atoms with Crippen molar-refractivity contribution in [2.45, 2.75) is 38.1 Å². The molecular formula is C12H15ClN2O. The lowest BCUT2D eigenvalue weighted by atomic mass is 9.95. The zero-order valence-electron chi connectivity index (χ0n) is 9.08. The predicted molar refractivity (Wildman–Crippen MR) is 63.6 cm³/mol. The van der Waals surface area contributed by atoms with Gasteiger partial charge in [0.25, 0.3) is 5.91 Å². The van der Waals surface area contributed by atoms with Crippen molar-refractivity contribution in [3.63, 3.8) is 0 Å². The van der Waals surface area contributed by atoms with Crippen LogP contribution >= 0.6 is 11.6 Å². The second-order valence-electron chi connectivity index (χ2n) is 4.17. The van der Waals surface area contributed by atoms with Gasteiger partial charge in [-0.1, -0.05) is 30.9 Å². The highest BCUT2D eigenvalue weighted by atomic mass is 35.5. The molecule has 2 rings (SSSR count). The molecule has 4 heteroatoms. The van der Waals surface area contributed by atoms with Gasteiger partial charge in [0.1, 0.15) is 5.69 Å². The van der Waals surface area contributed by atoms with E-state index in [1.807, 2.05) is 0 Å². The average molecular weight is 239 g/mol. The molecule has 0 aliphatic heterocycles. The number of carbonyl (C=O) groups excluding carboxylic acids is 1. The standard InChI is InChI=1S/C12H15ClN2O/c13-9-6-7-14-11(8-9)12(16)15-10-4-2-1-3-5-10/h6-8,10H,1-5H2,(H,15,16). The summed E-state index contributed by atoms with van der Waals surface area (Å²) in [6.07, 6.45) is 7.39. The van der Waals surface area contributed by atoms with Crippen molar-refractivity contribution >= 4 is 17.5 Å². The molecule has 1 fully saturated rings. The number of hydrogen-bond donors (Lipinski definition) is 1. The van der Waals surface area contributed by atoms with Crippen LogP contribution in [-0.2, 0) is 0 Å². The maximum absolute atomic E-state index is 11.8. The fraction of sp³-hybridized carbons (Fsp3) is 0.500. The molecule has 3 nitrogen and oxygen atoms in total. The fourth-order valence-corrected chi connectivity index (χ4v) is 2.19. The lowest BCUT2D eigenvalue weighted by Crippen LogP contribution is -2.36. The van der Waals surface area contributed by atoms with Gasteiger partial charge in [-0.25, -0.2) is 0 Å². The third kappa shape index (κ3) is 2.95. The van der Waals surface area contributed by atoms with Gasteiger partial charge in [-0.2, -0.15) is 0 Å². The van der Waals surface area contributed by atoms with E-state index < -0.39 is 0 Å². The number of nitrogens with zero attached hydrogens (tertiary/aromatic N) is 1. The Kier molecular flexibility index (Phi) is 3.78. The van der Waals surface area contributed by atoms with Gasteiger partial charge < -0.3 is 5.32 Å². The molecule has 0 unspecified atom stereocenters. The monoisotopic (exact) mass is 238 g/mol. The van der Waals surface area contributed by atoms with Gasteiger partial charge in [0.05, 0.1) is 0 Å². The van der Waals surface area contributed by atoms with Crippen LogP contribution in [0.4, 0.5) is 0 Å². The molecule has 0 bridgehead atoms. The molecule has 86 valence electrons. The zero-order chi connectivity index (χ0) is 11.4. The first-order chi connectivity index (χ1) is 7.75. The summed E-state index contributed by atoms with van der Waals surface area (Å²) in [7, 11) is 0. The maximum atomic E-state index is 11.8. The molecule has 1 amide bonds. The Bertz CT molecular complexity index is 375. The highest BCUT2D eigenvalue weighted by Crippen LogP contribution is 2.18. The van der Waals surface area contributed by atoms with Crippen LogP contribution in [0.1, 0.15) is 42.6 Å². The third-order valence-corrected chi connectivity index (χ3v) is 3.13. The minimum atomic E-state index is -0.116. The van der Waals surface area contributed by atoms with Crippen LogP contribution in [0, 0.1) is 0 Å². The summed E-state index contributed by atoms with van der Waals surface area (Å²) in [6, 6.07) is 3.57. The first-order valence-electron chi connectivity index (χ1n) is 5.68. The van der Waals surface area contributed by atoms with Crippen molar-refractivity contribution in [2.24, 2.45) is 0 Å². The summed E-state index contributed by atoms with van der Waals surface area (Å²) in [4.78, 5) is 15.8. The van der Waals surface area contributed by atoms with Gasteiger partial charge in [0, 0.05) is 17.3 Å². The summed E-state index contributed by atoms with van der Waals surface area (Å²) in [6.45, 7) is 0. The first kappa shape index (κ1) is 11.4. The van der Waals surface area contributed by atoms with Crippen LogP contribution < -0.4 is 5.32 Å². The van der Waals surface area contributed by atoms with E-state index in [0.717, 1.165) is 12.8 Å². The van der Waals surface area contributed by atoms with Gasteiger partial charge in [-0.3, -0.25) is 9.78 Å². The number of aromatic nitrogens is 1. The molecule has 1 aromatic rings. The van der Waals surface area contributed by atoms with Crippen LogP contribution in [0.3, 0.4) is 0 Å². The van der Waals surface area contributed by atoms with Crippen LogP contribution in [0.2, 0.25) is 5.02 Å². The Balaban J connectivity index is 1.97. The minimum Gasteiger partial charge on any atom is -0.348 e. The number of rotatable bonds is 2. The molecule has 1 aliphatic rings. The number of halogens is 1. The highest BCUT2D eigenvalue weighted by Gasteiger charge is 2.17. The summed E-state index contributed by atoms with van der Waals surface area (Å²) in [5.41, 5.74) is 0.401. The van der Waals surface area contributed by atoms with Crippen molar-refractivity contribution in [3.05, 3.63) is 29.0 Å². The molecule has 1 aliphatic carbocycles. The molecule has 1 N–H and O–H groups in total. The van der Waals surface area contributed by atoms with Crippen molar-refractivity contribution < 1.29 is 4.79 Å². The average Bonchev–Trinajstić information content (AvgIpc) is 2.30. The smallest absolute Gasteiger partial charge is 0.270 e. The van der Waals surface area contributed by atoms with Crippen LogP contribution in [-0.4, -0.2) is 16.9 Å². The van der Waals surface area contributed by atoms with E-state index in [0.29, 0.717) is 16.8 Å². The SMILES string of the molecule is O=C(NC1CCCCC1)c1cc(Cl)ccn1. The number of carbonyl (C=O) groups is 1. The minimum absolute atomic E-state index is 0.116. The largest absolute Gasteiger partial charge is 0.348 e. The van der Waals surface area contributed by atoms with Crippen LogP contribution in [0.15, 0.2) is 18.3 Å². The van der Waals surface area contributed by atoms with Gasteiger partial charge >= 0.3 is 0 Å². The van der Waals surface area contributed by atoms with E-state index in [-0.39, 0.29) is 5.91 Å². The molecule has 0 spiro atoms. The Labute approximate surface area is 100 Å². The fourth-order valence-electron chi connectivity index (χ4n) is 2.04. The van der Waals surface area contributed by atoms with Crippen LogP contribution in [0.5, 0.6) is 0 Å². The number of amides is 1. The molecule has 0 radical (unpaired) electrons. The second kappa shape index (κ2) is 5.30. The first-order valence-corrected chi connectivity index (χ1v) is 6.06. The summed E-state index contributed by atoms with van der Waals surface area (Å²) in [5, 5.41) is 3.55. The number of nitrogens with one attached hydrogen (secondary N) is 1. The van der Waals surface area contributed by atoms with Crippen molar-refractivity contribution in [2.75, 3.05) is 0 Å². The van der Waals surface area contributed by atoms with Gasteiger partial charge in [0.15, 0.2) is 0 Å². The predicted octanol–water partition coefficient (Wildman–Crippen LogP) is 2.80. The Morgan fingerprint density at radius 2 is 2.12 bits per heavy atom. The molecule has 0 atom stereocenters. The molecule has 1 aromatic heterocycles. The Morgan fingerprint density at radius 3 is 2.81 bits per heavy atom. The second-order valence-corrected chi connectivity index (χ2v) is 4.60. The number of hydrogen-bond acceptors (Lipinski definition) is 2. The lowest BCUT2D eigenvalue weighted by Gasteiger charge is -2.22. The van der Waals surface area contributed by atoms with Crippen LogP contribution in [0.25, 0.3) is 0 Å². The van der Waals surface area contributed by atoms with Crippen molar-refractivity contribution in [1.82, 2.24) is 10.3 Å². The van der Waals surface area contributed by atoms with E-state index in [4.69, 9.17) is 11.6 Å². The normalized spacial score (nSPS) is 17.1. The third-order valence-electron chi connectivity index (χ3n) is 2.90. The number of pyridine rings is 1. The summed E-state index contributed by atoms with van der Waals surface area (Å²) in [5.74, 6) is -0.116. The van der Waals surface area contributed by atoms with Crippen molar-refractivity contribution in [3.8, 4) is 0 Å². The van der Waals surface area contributed by atoms with Gasteiger partial charge in [0.2, 0.25) is 0 Å². The quantitative estimate of drug-likeness (QED) is 0.861. The zero-order valence-corrected chi connectivity index (χ0v) is 9.83. The van der Waals surface area contributed by atoms with E-state index in [2.05, 4.69) is 10.3 Å². The van der Waals surface area contributed by atoms with Gasteiger partial charge in [-0.05, 0) is 25.0 Å². The molecule has 1 saturated carbocycles. The Hall–Kier alpha value is -1.09. The molecule has 1 heterocycles. The lowest BCUT2D eigenvalue weighted by molar-refractivity contribution is 0.0922. The molecule has 0 saturated heterocycles. The van der Waals surface area contributed by atoms with E-state index in [1.165, 1.54) is 19.3 Å². The highest BCUT2D eigenvalue weighted by molar-refractivity contribution is 6.30. The molecule has 16 heavy (non-hydrogen) atoms.